The third-order valence-corrected chi connectivity index (χ3v) is 35.1. The molecule has 8 aromatic heterocycles. The fraction of sp³-hybridized carbons (Fsp3) is 0.0219. The highest BCUT2D eigenvalue weighted by molar-refractivity contribution is 7.26. The van der Waals surface area contributed by atoms with E-state index < -0.39 is 0 Å². The monoisotopic (exact) mass is 1910 g/mol. The van der Waals surface area contributed by atoms with E-state index in [-0.39, 0.29) is 5.41 Å². The minimum absolute atomic E-state index is 0.0178. The molecule has 0 radical (unpaired) electrons. The number of hydrogen-bond acceptors (Lipinski definition) is 7. The van der Waals surface area contributed by atoms with E-state index in [4.69, 9.17) is 13.3 Å². The quantitative estimate of drug-likeness (QED) is 0.135. The van der Waals surface area contributed by atoms with Crippen molar-refractivity contribution in [2.75, 3.05) is 9.80 Å². The fourth-order valence-corrected chi connectivity index (χ4v) is 28.9. The molecule has 0 amide bonds. The van der Waals surface area contributed by atoms with Gasteiger partial charge in [-0.2, -0.15) is 0 Å². The lowest BCUT2D eigenvalue weighted by atomic mass is 9.81. The molecule has 4 aliphatic rings. The summed E-state index contributed by atoms with van der Waals surface area (Å²) >= 11 is 3.79. The molecule has 0 unspecified atom stereocenters. The Bertz CT molecular complexity index is 11600. The maximum absolute atomic E-state index is 6.50. The molecule has 147 heavy (non-hydrogen) atoms. The molecule has 10 heteroatoms. The highest BCUT2D eigenvalue weighted by atomic mass is 32.1. The second-order valence-electron chi connectivity index (χ2n) is 40.6. The van der Waals surface area contributed by atoms with E-state index in [1.54, 1.807) is 0 Å². The van der Waals surface area contributed by atoms with Gasteiger partial charge in [-0.15, -0.1) is 22.7 Å². The summed E-state index contributed by atoms with van der Waals surface area (Å²) in [7, 11) is 0. The molecule has 32 aromatic rings. The predicted molar refractivity (Wildman–Crippen MR) is 621 cm³/mol. The SMILES string of the molecule is CC1(C)c2cccc3c2-c2c1ccc1ccc4c(c21)c1c-3cccc1n4-c1ccc2sc3ccccc3c2c1.c1cc(N(c2ccc3c(c2)oc2ccccc23)c2ccc3oc4ccccc4c3c2)cc(-n2c3cccc4c3c3c5c(ccc6oc7cccc-4c7c65)ccc32)c1.c1ccc(N(c2cccc(-n3c4cccc5c4c4c6c(ccc7sc8cccc-5c8c76)ccc43)c2)c2ccc3c(ccc4ccccc43)c2)cc1. The predicted octanol–water partition coefficient (Wildman–Crippen LogP) is 39.7. The molecule has 0 saturated heterocycles. The zero-order valence-electron chi connectivity index (χ0n) is 79.4. The Morgan fingerprint density at radius 1 is 0.190 bits per heavy atom. The van der Waals surface area contributed by atoms with E-state index >= 15 is 0 Å². The topological polar surface area (TPSA) is 60.7 Å². The lowest BCUT2D eigenvalue weighted by Crippen LogP contribution is -2.14. The number of aromatic nitrogens is 3. The van der Waals surface area contributed by atoms with Crippen LogP contribution in [0, 0.1) is 0 Å². The summed E-state index contributed by atoms with van der Waals surface area (Å²) < 4.78 is 32.1. The Balaban J connectivity index is 0.0000000961. The van der Waals surface area contributed by atoms with Crippen LogP contribution in [0.1, 0.15) is 25.0 Å². The molecule has 0 atom stereocenters. The van der Waals surface area contributed by atoms with Crippen LogP contribution in [0.2, 0.25) is 0 Å². The Morgan fingerprint density at radius 2 is 0.599 bits per heavy atom. The maximum Gasteiger partial charge on any atom is 0.137 e. The van der Waals surface area contributed by atoms with Crippen LogP contribution in [-0.4, -0.2) is 13.7 Å². The molecule has 0 saturated carbocycles. The summed E-state index contributed by atoms with van der Waals surface area (Å²) in [5.74, 6) is 0. The van der Waals surface area contributed by atoms with E-state index in [2.05, 4.69) is 456 Å². The third kappa shape index (κ3) is 10.9. The molecule has 0 aliphatic heterocycles. The summed E-state index contributed by atoms with van der Waals surface area (Å²) in [5, 5.41) is 33.2. The number of fused-ring (bicyclic) bond motifs is 15. The summed E-state index contributed by atoms with van der Waals surface area (Å²) in [6.45, 7) is 4.78. The van der Waals surface area contributed by atoms with Crippen LogP contribution >= 0.6 is 22.7 Å². The van der Waals surface area contributed by atoms with Gasteiger partial charge < -0.3 is 36.8 Å². The third-order valence-electron chi connectivity index (χ3n) is 32.8. The van der Waals surface area contributed by atoms with Gasteiger partial charge >= 0.3 is 0 Å². The van der Waals surface area contributed by atoms with Gasteiger partial charge in [-0.1, -0.05) is 263 Å². The average Bonchev–Trinajstić information content (AvgIpc) is 1.56. The van der Waals surface area contributed by atoms with Gasteiger partial charge in [-0.25, -0.2) is 0 Å². The molecule has 4 aliphatic carbocycles. The summed E-state index contributed by atoms with van der Waals surface area (Å²) in [6, 6.07) is 162. The fourth-order valence-electron chi connectivity index (χ4n) is 26.7. The molecule has 8 nitrogen and oxygen atoms in total. The first-order valence-corrected chi connectivity index (χ1v) is 52.2. The number of anilines is 6. The number of hydrogen-bond donors (Lipinski definition) is 0. The van der Waals surface area contributed by atoms with E-state index in [1.165, 1.54) is 232 Å². The van der Waals surface area contributed by atoms with Crippen molar-refractivity contribution in [3.8, 4) is 61.6 Å². The molecule has 0 fully saturated rings. The van der Waals surface area contributed by atoms with Crippen LogP contribution in [-0.2, 0) is 5.41 Å². The highest BCUT2D eigenvalue weighted by Gasteiger charge is 2.41. The van der Waals surface area contributed by atoms with Crippen molar-refractivity contribution in [2.24, 2.45) is 0 Å². The van der Waals surface area contributed by atoms with Crippen LogP contribution < -0.4 is 9.80 Å². The normalized spacial score (nSPS) is 13.0. The van der Waals surface area contributed by atoms with Crippen LogP contribution in [0.15, 0.2) is 456 Å². The molecule has 682 valence electrons. The largest absolute Gasteiger partial charge is 0.456 e. The Labute approximate surface area is 847 Å². The van der Waals surface area contributed by atoms with Gasteiger partial charge in [-0.3, -0.25) is 0 Å². The van der Waals surface area contributed by atoms with Gasteiger partial charge in [0.2, 0.25) is 0 Å². The molecule has 0 N–H and O–H groups in total. The zero-order chi connectivity index (χ0) is 95.8. The first kappa shape index (κ1) is 80.0. The van der Waals surface area contributed by atoms with Gasteiger partial charge in [0.1, 0.15) is 33.5 Å². The molecule has 0 bridgehead atoms. The van der Waals surface area contributed by atoms with Gasteiger partial charge in [0.25, 0.3) is 0 Å². The molecular weight excluding hydrogens is 1830 g/mol. The van der Waals surface area contributed by atoms with E-state index in [0.29, 0.717) is 0 Å². The van der Waals surface area contributed by atoms with Crippen molar-refractivity contribution >= 4 is 282 Å². The first-order valence-electron chi connectivity index (χ1n) is 50.5. The highest BCUT2D eigenvalue weighted by Crippen LogP contribution is 2.62. The van der Waals surface area contributed by atoms with Crippen molar-refractivity contribution in [3.05, 3.63) is 454 Å². The van der Waals surface area contributed by atoms with Gasteiger partial charge in [0.15, 0.2) is 0 Å². The second kappa shape index (κ2) is 29.3. The lowest BCUT2D eigenvalue weighted by Gasteiger charge is -2.26. The number of thiophene rings is 2. The number of furan rings is 3. The summed E-state index contributed by atoms with van der Waals surface area (Å²) in [4.78, 5) is 4.72. The average molecular weight is 1910 g/mol. The maximum atomic E-state index is 6.50. The van der Waals surface area contributed by atoms with Crippen LogP contribution in [0.25, 0.3) is 287 Å². The van der Waals surface area contributed by atoms with E-state index in [0.717, 1.165) is 101 Å². The van der Waals surface area contributed by atoms with Gasteiger partial charge in [0.05, 0.1) is 33.1 Å². The molecule has 0 spiro atoms. The van der Waals surface area contributed by atoms with Gasteiger partial charge in [0, 0.05) is 178 Å². The smallest absolute Gasteiger partial charge is 0.137 e. The number of nitrogens with zero attached hydrogens (tertiary/aromatic N) is 5. The zero-order valence-corrected chi connectivity index (χ0v) is 81.1. The summed E-state index contributed by atoms with van der Waals surface area (Å²) in [5.41, 5.74) is 36.1. The standard InChI is InChI=1S/C52H28N2O3.C48H28N2S.C37H23NS/c1-3-15-42-34(10-1)36-22-20-33(28-47(36)56-42)53(32-21-25-44-39(27-32)35-11-2-4-16-43(35)55-44)30-8-5-9-31(26-30)54-40-14-6-12-37-38-13-7-17-45-50(38)52-46(57-45)24-19-29-18-23-41(54)51(48(29)52)49(37)40;1-2-10-32(11-3-1)49(35-23-24-37-31(27-35)20-19-29-9-4-5-14-36(29)37)33-12-6-13-34(28-33)50-40-17-7-15-38-39-16-8-18-42-46(39)48-43(51-42)26-22-30-21-25-41(50)47(44(30)48)45(38)40;1-37(2)26-10-5-8-23-24-9-6-11-28-34(24)36-29(17-14-20-13-16-27(37)35(32(20)36)33(23)26)38(28)21-15-18-31-25(19-21)22-7-3-4-12-30(22)39-31/h1-28H;1-28H;3-19H,1-2H3. The molecule has 8 heterocycles. The van der Waals surface area contributed by atoms with Crippen molar-refractivity contribution in [2.45, 2.75) is 19.3 Å². The minimum Gasteiger partial charge on any atom is -0.456 e. The summed E-state index contributed by atoms with van der Waals surface area (Å²) in [6.07, 6.45) is 0. The second-order valence-corrected chi connectivity index (χ2v) is 42.8. The number of rotatable bonds is 9. The molecule has 36 rings (SSSR count). The Morgan fingerprint density at radius 3 is 1.32 bits per heavy atom. The lowest BCUT2D eigenvalue weighted by molar-refractivity contribution is 0.661. The van der Waals surface area contributed by atoms with Gasteiger partial charge in [-0.05, 0) is 287 Å². The van der Waals surface area contributed by atoms with Crippen LogP contribution in [0.4, 0.5) is 34.1 Å². The van der Waals surface area contributed by atoms with Crippen molar-refractivity contribution in [3.63, 3.8) is 0 Å². The first-order chi connectivity index (χ1) is 72.7. The number of para-hydroxylation sites is 3. The van der Waals surface area contributed by atoms with Crippen LogP contribution in [0.5, 0.6) is 0 Å². The van der Waals surface area contributed by atoms with Crippen molar-refractivity contribution < 1.29 is 13.3 Å². The van der Waals surface area contributed by atoms with Crippen molar-refractivity contribution in [1.29, 1.82) is 0 Å². The van der Waals surface area contributed by atoms with E-state index in [9.17, 15) is 0 Å². The number of benzene rings is 24. The Kier molecular flexibility index (Phi) is 16.0. The van der Waals surface area contributed by atoms with E-state index in [1.807, 2.05) is 46.9 Å². The Hall–Kier alpha value is -18.6. The minimum atomic E-state index is -0.0178. The van der Waals surface area contributed by atoms with Crippen LogP contribution in [0.3, 0.4) is 0 Å². The molecule has 24 aromatic carbocycles. The molecular formula is C137H79N5O3S2. The van der Waals surface area contributed by atoms with Crippen molar-refractivity contribution in [1.82, 2.24) is 13.7 Å².